The third kappa shape index (κ3) is 4.91. The van der Waals surface area contributed by atoms with E-state index in [2.05, 4.69) is 15.4 Å². The minimum absolute atomic E-state index is 0.0450. The van der Waals surface area contributed by atoms with Crippen LogP contribution in [0.2, 0.25) is 0 Å². The van der Waals surface area contributed by atoms with Gasteiger partial charge in [-0.15, -0.1) is 0 Å². The van der Waals surface area contributed by atoms with Crippen LogP contribution in [0.3, 0.4) is 0 Å². The highest BCUT2D eigenvalue weighted by atomic mass is 19.2. The molecule has 0 fully saturated rings. The number of nitrogens with one attached hydrogen (secondary N) is 1. The lowest BCUT2D eigenvalue weighted by Gasteiger charge is -2.14. The molecule has 7 heteroatoms. The van der Waals surface area contributed by atoms with Crippen molar-refractivity contribution in [2.24, 2.45) is 0 Å². The maximum atomic E-state index is 13.1. The van der Waals surface area contributed by atoms with Crippen LogP contribution in [0.15, 0.2) is 30.9 Å². The lowest BCUT2D eigenvalue weighted by atomic mass is 10.1. The number of rotatable bonds is 7. The maximum absolute atomic E-state index is 13.1. The Balaban J connectivity index is 1.71. The molecule has 0 unspecified atom stereocenters. The molecule has 0 spiro atoms. The molecular formula is C15H18F2N4O. The summed E-state index contributed by atoms with van der Waals surface area (Å²) < 4.78 is 27.5. The van der Waals surface area contributed by atoms with E-state index in [4.69, 9.17) is 0 Å². The van der Waals surface area contributed by atoms with Crippen molar-refractivity contribution in [1.82, 2.24) is 20.1 Å². The molecule has 1 amide bonds. The van der Waals surface area contributed by atoms with Gasteiger partial charge in [0.2, 0.25) is 5.91 Å². The van der Waals surface area contributed by atoms with E-state index in [0.717, 1.165) is 6.07 Å². The molecule has 0 aliphatic rings. The number of carbonyl (C=O) groups excluding carboxylic acids is 1. The van der Waals surface area contributed by atoms with E-state index in [-0.39, 0.29) is 11.9 Å². The molecule has 0 saturated heterocycles. The van der Waals surface area contributed by atoms with Crippen LogP contribution < -0.4 is 5.32 Å². The Morgan fingerprint density at radius 3 is 2.86 bits per heavy atom. The SMILES string of the molecule is C[C@H](CCc1ccc(F)c(F)c1)NC(=O)CCn1cncn1. The number of hydrogen-bond donors (Lipinski definition) is 1. The zero-order valence-electron chi connectivity index (χ0n) is 12.3. The summed E-state index contributed by atoms with van der Waals surface area (Å²) in [6, 6.07) is 3.81. The summed E-state index contributed by atoms with van der Waals surface area (Å²) in [7, 11) is 0. The van der Waals surface area contributed by atoms with E-state index in [1.165, 1.54) is 12.4 Å². The van der Waals surface area contributed by atoms with Gasteiger partial charge in [0.05, 0.1) is 6.54 Å². The molecule has 1 aromatic carbocycles. The fourth-order valence-electron chi connectivity index (χ4n) is 2.06. The molecule has 0 bridgehead atoms. The summed E-state index contributed by atoms with van der Waals surface area (Å²) in [6.07, 6.45) is 4.52. The topological polar surface area (TPSA) is 59.8 Å². The minimum Gasteiger partial charge on any atom is -0.354 e. The van der Waals surface area contributed by atoms with Crippen molar-refractivity contribution >= 4 is 5.91 Å². The number of aromatic nitrogens is 3. The number of benzene rings is 1. The first-order valence-electron chi connectivity index (χ1n) is 7.10. The fourth-order valence-corrected chi connectivity index (χ4v) is 2.06. The van der Waals surface area contributed by atoms with Crippen molar-refractivity contribution in [2.75, 3.05) is 0 Å². The van der Waals surface area contributed by atoms with Crippen molar-refractivity contribution in [3.8, 4) is 0 Å². The highest BCUT2D eigenvalue weighted by Gasteiger charge is 2.09. The van der Waals surface area contributed by atoms with Crippen LogP contribution in [0, 0.1) is 11.6 Å². The van der Waals surface area contributed by atoms with E-state index in [1.807, 2.05) is 6.92 Å². The van der Waals surface area contributed by atoms with Gasteiger partial charge in [-0.1, -0.05) is 6.07 Å². The van der Waals surface area contributed by atoms with E-state index in [9.17, 15) is 13.6 Å². The van der Waals surface area contributed by atoms with Gasteiger partial charge in [0.15, 0.2) is 11.6 Å². The Bertz CT molecular complexity index is 616. The van der Waals surface area contributed by atoms with Crippen LogP contribution in [0.4, 0.5) is 8.78 Å². The molecular weight excluding hydrogens is 290 g/mol. The minimum atomic E-state index is -0.849. The van der Waals surface area contributed by atoms with E-state index < -0.39 is 11.6 Å². The quantitative estimate of drug-likeness (QED) is 0.852. The van der Waals surface area contributed by atoms with Gasteiger partial charge in [0.25, 0.3) is 0 Å². The third-order valence-corrected chi connectivity index (χ3v) is 3.29. The molecule has 1 heterocycles. The second-order valence-corrected chi connectivity index (χ2v) is 5.16. The smallest absolute Gasteiger partial charge is 0.222 e. The Hall–Kier alpha value is -2.31. The van der Waals surface area contributed by atoms with Gasteiger partial charge in [0.1, 0.15) is 12.7 Å². The normalized spacial score (nSPS) is 12.1. The van der Waals surface area contributed by atoms with Crippen LogP contribution in [-0.4, -0.2) is 26.7 Å². The number of amides is 1. The zero-order valence-corrected chi connectivity index (χ0v) is 12.3. The first kappa shape index (κ1) is 16.1. The fraction of sp³-hybridized carbons (Fsp3) is 0.400. The van der Waals surface area contributed by atoms with Crippen molar-refractivity contribution in [3.63, 3.8) is 0 Å². The van der Waals surface area contributed by atoms with Crippen LogP contribution in [0.25, 0.3) is 0 Å². The number of aryl methyl sites for hydroxylation is 2. The van der Waals surface area contributed by atoms with E-state index in [0.29, 0.717) is 31.4 Å². The Kier molecular flexibility index (Phi) is 5.57. The lowest BCUT2D eigenvalue weighted by Crippen LogP contribution is -2.33. The van der Waals surface area contributed by atoms with Gasteiger partial charge >= 0.3 is 0 Å². The van der Waals surface area contributed by atoms with Crippen LogP contribution in [0.1, 0.15) is 25.3 Å². The Labute approximate surface area is 127 Å². The van der Waals surface area contributed by atoms with Gasteiger partial charge in [-0.2, -0.15) is 5.10 Å². The average molecular weight is 308 g/mol. The number of nitrogens with zero attached hydrogens (tertiary/aromatic N) is 3. The number of halogens is 2. The molecule has 0 aliphatic heterocycles. The van der Waals surface area contributed by atoms with Gasteiger partial charge in [-0.05, 0) is 37.5 Å². The molecule has 0 radical (unpaired) electrons. The molecule has 0 saturated carbocycles. The van der Waals surface area contributed by atoms with Crippen LogP contribution >= 0.6 is 0 Å². The first-order chi connectivity index (χ1) is 10.5. The molecule has 2 aromatic rings. The lowest BCUT2D eigenvalue weighted by molar-refractivity contribution is -0.122. The predicted molar refractivity (Wildman–Crippen MR) is 76.9 cm³/mol. The van der Waals surface area contributed by atoms with Gasteiger partial charge in [0, 0.05) is 12.5 Å². The molecule has 2 rings (SSSR count). The second-order valence-electron chi connectivity index (χ2n) is 5.16. The zero-order chi connectivity index (χ0) is 15.9. The third-order valence-electron chi connectivity index (χ3n) is 3.29. The summed E-state index contributed by atoms with van der Waals surface area (Å²) in [4.78, 5) is 15.6. The molecule has 1 atom stereocenters. The largest absolute Gasteiger partial charge is 0.354 e. The average Bonchev–Trinajstić information content (AvgIpc) is 3.00. The van der Waals surface area contributed by atoms with Crippen molar-refractivity contribution in [1.29, 1.82) is 0 Å². The van der Waals surface area contributed by atoms with Crippen molar-refractivity contribution in [3.05, 3.63) is 48.1 Å². The standard InChI is InChI=1S/C15H18F2N4O/c1-11(2-3-12-4-5-13(16)14(17)8-12)20-15(22)6-7-21-10-18-9-19-21/h4-5,8-11H,2-3,6-7H2,1H3,(H,20,22)/t11-/m1/s1. The van der Waals surface area contributed by atoms with Gasteiger partial charge < -0.3 is 5.32 Å². The van der Waals surface area contributed by atoms with E-state index >= 15 is 0 Å². The van der Waals surface area contributed by atoms with Gasteiger partial charge in [-0.25, -0.2) is 13.8 Å². The molecule has 118 valence electrons. The highest BCUT2D eigenvalue weighted by Crippen LogP contribution is 2.11. The van der Waals surface area contributed by atoms with Crippen molar-refractivity contribution in [2.45, 2.75) is 38.8 Å². The molecule has 5 nitrogen and oxygen atoms in total. The Morgan fingerprint density at radius 2 is 2.18 bits per heavy atom. The van der Waals surface area contributed by atoms with Gasteiger partial charge in [-0.3, -0.25) is 9.48 Å². The first-order valence-corrected chi connectivity index (χ1v) is 7.10. The molecule has 1 aromatic heterocycles. The highest BCUT2D eigenvalue weighted by molar-refractivity contribution is 5.76. The summed E-state index contributed by atoms with van der Waals surface area (Å²) in [6.45, 7) is 2.36. The molecule has 0 aliphatic carbocycles. The monoisotopic (exact) mass is 308 g/mol. The number of carbonyl (C=O) groups is 1. The van der Waals surface area contributed by atoms with Crippen LogP contribution in [-0.2, 0) is 17.8 Å². The molecule has 1 N–H and O–H groups in total. The van der Waals surface area contributed by atoms with Crippen molar-refractivity contribution < 1.29 is 13.6 Å². The molecule has 22 heavy (non-hydrogen) atoms. The second kappa shape index (κ2) is 7.63. The van der Waals surface area contributed by atoms with E-state index in [1.54, 1.807) is 17.1 Å². The summed E-state index contributed by atoms with van der Waals surface area (Å²) in [5, 5.41) is 6.79. The van der Waals surface area contributed by atoms with Crippen LogP contribution in [0.5, 0.6) is 0 Å². The Morgan fingerprint density at radius 1 is 1.36 bits per heavy atom. The maximum Gasteiger partial charge on any atom is 0.222 e. The summed E-state index contributed by atoms with van der Waals surface area (Å²) >= 11 is 0. The summed E-state index contributed by atoms with van der Waals surface area (Å²) in [5.41, 5.74) is 0.711. The number of hydrogen-bond acceptors (Lipinski definition) is 3. The predicted octanol–water partition coefficient (Wildman–Crippen LogP) is 2.08. The summed E-state index contributed by atoms with van der Waals surface area (Å²) in [5.74, 6) is -1.77.